The molecule has 150 valence electrons. The van der Waals surface area contributed by atoms with Crippen molar-refractivity contribution < 1.29 is 19.2 Å². The third-order valence-electron chi connectivity index (χ3n) is 5.20. The van der Waals surface area contributed by atoms with Crippen LogP contribution in [-0.4, -0.2) is 39.5 Å². The number of anilines is 1. The lowest BCUT2D eigenvalue weighted by molar-refractivity contribution is -0.116. The number of aryl methyl sites for hydroxylation is 1. The van der Waals surface area contributed by atoms with E-state index >= 15 is 0 Å². The molecule has 0 bridgehead atoms. The van der Waals surface area contributed by atoms with E-state index in [0.717, 1.165) is 4.90 Å². The Kier molecular flexibility index (Phi) is 4.79. The van der Waals surface area contributed by atoms with Gasteiger partial charge in [-0.05, 0) is 19.1 Å². The highest BCUT2D eigenvalue weighted by atomic mass is 16.2. The Bertz CT molecular complexity index is 1160. The maximum absolute atomic E-state index is 13.0. The fourth-order valence-electron chi connectivity index (χ4n) is 3.56. The number of aromatic nitrogens is 1. The number of benzene rings is 2. The van der Waals surface area contributed by atoms with Gasteiger partial charge in [-0.15, -0.1) is 0 Å². The van der Waals surface area contributed by atoms with Crippen molar-refractivity contribution >= 4 is 29.2 Å². The predicted octanol–water partition coefficient (Wildman–Crippen LogP) is 2.80. The molecule has 7 nitrogen and oxygen atoms in total. The number of amides is 3. The van der Waals surface area contributed by atoms with Crippen LogP contribution in [0, 0.1) is 6.92 Å². The second-order valence-corrected chi connectivity index (χ2v) is 7.10. The third kappa shape index (κ3) is 3.20. The summed E-state index contributed by atoms with van der Waals surface area (Å²) >= 11 is 0. The highest BCUT2D eigenvalue weighted by Crippen LogP contribution is 2.26. The van der Waals surface area contributed by atoms with E-state index in [9.17, 15) is 19.2 Å². The number of fused-ring (bicyclic) bond motifs is 1. The molecule has 0 radical (unpaired) electrons. The molecule has 2 aromatic carbocycles. The normalized spacial score (nSPS) is 12.8. The average molecular weight is 401 g/mol. The van der Waals surface area contributed by atoms with E-state index in [0.29, 0.717) is 22.5 Å². The summed E-state index contributed by atoms with van der Waals surface area (Å²) in [4.78, 5) is 51.5. The van der Waals surface area contributed by atoms with Crippen molar-refractivity contribution in [3.63, 3.8) is 0 Å². The van der Waals surface area contributed by atoms with Gasteiger partial charge in [-0.3, -0.25) is 24.1 Å². The molecule has 0 aliphatic carbocycles. The Hall–Kier alpha value is -4.00. The van der Waals surface area contributed by atoms with Crippen LogP contribution in [0.3, 0.4) is 0 Å². The van der Waals surface area contributed by atoms with Crippen molar-refractivity contribution in [2.45, 2.75) is 6.92 Å². The molecule has 2 heterocycles. The molecular formula is C23H19N3O4. The second kappa shape index (κ2) is 7.44. The van der Waals surface area contributed by atoms with E-state index < -0.39 is 24.3 Å². The topological polar surface area (TPSA) is 88.5 Å². The van der Waals surface area contributed by atoms with Crippen LogP contribution in [0.1, 0.15) is 42.3 Å². The van der Waals surface area contributed by atoms with Gasteiger partial charge in [-0.1, -0.05) is 42.5 Å². The van der Waals surface area contributed by atoms with Gasteiger partial charge >= 0.3 is 0 Å². The molecule has 7 heteroatoms. The van der Waals surface area contributed by atoms with Crippen molar-refractivity contribution in [2.75, 3.05) is 11.9 Å². The molecule has 1 aliphatic heterocycles. The smallest absolute Gasteiger partial charge is 0.262 e. The summed E-state index contributed by atoms with van der Waals surface area (Å²) in [5.41, 5.74) is 2.48. The van der Waals surface area contributed by atoms with Crippen LogP contribution in [0.2, 0.25) is 0 Å². The Morgan fingerprint density at radius 3 is 2.07 bits per heavy atom. The van der Waals surface area contributed by atoms with Gasteiger partial charge in [0.05, 0.1) is 22.4 Å². The first-order valence-corrected chi connectivity index (χ1v) is 9.39. The standard InChI is InChI=1S/C23H19N3O4/c1-14-20(21(28)15-8-4-3-5-9-15)18(12-25(14)2)24-19(27)13-26-22(29)16-10-6-7-11-17(16)23(26)30/h3-12H,13H2,1-2H3,(H,24,27). The Labute approximate surface area is 172 Å². The number of carbonyl (C=O) groups is 4. The van der Waals surface area contributed by atoms with E-state index in [1.54, 1.807) is 73.3 Å². The number of nitrogens with one attached hydrogen (secondary N) is 1. The largest absolute Gasteiger partial charge is 0.352 e. The Morgan fingerprint density at radius 2 is 1.47 bits per heavy atom. The van der Waals surface area contributed by atoms with Crippen molar-refractivity contribution in [1.82, 2.24) is 9.47 Å². The number of imide groups is 1. The van der Waals surface area contributed by atoms with Gasteiger partial charge in [0.1, 0.15) is 6.54 Å². The molecule has 3 amide bonds. The van der Waals surface area contributed by atoms with Crippen molar-refractivity contribution in [1.29, 1.82) is 0 Å². The number of hydrogen-bond acceptors (Lipinski definition) is 4. The predicted molar refractivity (Wildman–Crippen MR) is 110 cm³/mol. The Morgan fingerprint density at radius 1 is 0.900 bits per heavy atom. The van der Waals surface area contributed by atoms with E-state index in [2.05, 4.69) is 5.32 Å². The maximum atomic E-state index is 13.0. The lowest BCUT2D eigenvalue weighted by atomic mass is 10.0. The minimum absolute atomic E-state index is 0.218. The zero-order valence-electron chi connectivity index (χ0n) is 16.5. The fourth-order valence-corrected chi connectivity index (χ4v) is 3.56. The van der Waals surface area contributed by atoms with E-state index in [1.165, 1.54) is 0 Å². The SMILES string of the molecule is Cc1c(C(=O)c2ccccc2)c(NC(=O)CN2C(=O)c3ccccc3C2=O)cn1C. The molecule has 0 fully saturated rings. The van der Waals surface area contributed by atoms with Gasteiger partial charge in [0.25, 0.3) is 11.8 Å². The van der Waals surface area contributed by atoms with Crippen LogP contribution >= 0.6 is 0 Å². The van der Waals surface area contributed by atoms with Crippen LogP contribution in [0.4, 0.5) is 5.69 Å². The number of carbonyl (C=O) groups excluding carboxylic acids is 4. The molecule has 0 unspecified atom stereocenters. The molecule has 1 aliphatic rings. The summed E-state index contributed by atoms with van der Waals surface area (Å²) in [6.07, 6.45) is 1.64. The van der Waals surface area contributed by atoms with Crippen molar-refractivity contribution in [2.24, 2.45) is 7.05 Å². The van der Waals surface area contributed by atoms with E-state index in [4.69, 9.17) is 0 Å². The lowest BCUT2D eigenvalue weighted by Crippen LogP contribution is -2.37. The van der Waals surface area contributed by atoms with E-state index in [1.807, 2.05) is 6.07 Å². The first kappa shape index (κ1) is 19.3. The summed E-state index contributed by atoms with van der Waals surface area (Å²) in [7, 11) is 1.77. The highest BCUT2D eigenvalue weighted by molar-refractivity contribution is 6.23. The van der Waals surface area contributed by atoms with Crippen LogP contribution in [0.15, 0.2) is 60.8 Å². The molecular weight excluding hydrogens is 382 g/mol. The van der Waals surface area contributed by atoms with Crippen LogP contribution in [-0.2, 0) is 11.8 Å². The molecule has 0 saturated heterocycles. The number of ketones is 1. The first-order valence-electron chi connectivity index (χ1n) is 9.39. The van der Waals surface area contributed by atoms with Gasteiger partial charge in [0.2, 0.25) is 5.91 Å². The zero-order chi connectivity index (χ0) is 21.4. The monoisotopic (exact) mass is 401 g/mol. The van der Waals surface area contributed by atoms with Crippen LogP contribution in [0.25, 0.3) is 0 Å². The average Bonchev–Trinajstić information content (AvgIpc) is 3.16. The molecule has 4 rings (SSSR count). The Balaban J connectivity index is 1.56. The molecule has 30 heavy (non-hydrogen) atoms. The number of hydrogen-bond donors (Lipinski definition) is 1. The van der Waals surface area contributed by atoms with Crippen LogP contribution < -0.4 is 5.32 Å². The zero-order valence-corrected chi connectivity index (χ0v) is 16.5. The van der Waals surface area contributed by atoms with Gasteiger partial charge in [-0.2, -0.15) is 0 Å². The molecule has 1 N–H and O–H groups in total. The third-order valence-corrected chi connectivity index (χ3v) is 5.20. The molecule has 0 atom stereocenters. The highest BCUT2D eigenvalue weighted by Gasteiger charge is 2.36. The van der Waals surface area contributed by atoms with Gasteiger partial charge in [0.15, 0.2) is 5.78 Å². The molecule has 0 saturated carbocycles. The maximum Gasteiger partial charge on any atom is 0.262 e. The van der Waals surface area contributed by atoms with Crippen molar-refractivity contribution in [3.8, 4) is 0 Å². The van der Waals surface area contributed by atoms with Crippen LogP contribution in [0.5, 0.6) is 0 Å². The first-order chi connectivity index (χ1) is 14.4. The molecule has 1 aromatic heterocycles. The van der Waals surface area contributed by atoms with Gasteiger partial charge < -0.3 is 9.88 Å². The summed E-state index contributed by atoms with van der Waals surface area (Å²) in [5.74, 6) is -1.78. The summed E-state index contributed by atoms with van der Waals surface area (Å²) in [6, 6.07) is 15.2. The number of rotatable bonds is 5. The minimum atomic E-state index is -0.558. The van der Waals surface area contributed by atoms with Gasteiger partial charge in [0, 0.05) is 24.5 Å². The quantitative estimate of drug-likeness (QED) is 0.526. The van der Waals surface area contributed by atoms with E-state index in [-0.39, 0.29) is 16.9 Å². The lowest BCUT2D eigenvalue weighted by Gasteiger charge is -2.14. The summed E-state index contributed by atoms with van der Waals surface area (Å²) < 4.78 is 1.74. The summed E-state index contributed by atoms with van der Waals surface area (Å²) in [6.45, 7) is 1.36. The molecule has 0 spiro atoms. The summed E-state index contributed by atoms with van der Waals surface area (Å²) in [5, 5.41) is 2.69. The molecule has 3 aromatic rings. The van der Waals surface area contributed by atoms with Crippen molar-refractivity contribution in [3.05, 3.63) is 88.7 Å². The number of nitrogens with zero attached hydrogens (tertiary/aromatic N) is 2. The fraction of sp³-hybridized carbons (Fsp3) is 0.130. The minimum Gasteiger partial charge on any atom is -0.352 e. The van der Waals surface area contributed by atoms with Gasteiger partial charge in [-0.25, -0.2) is 0 Å². The second-order valence-electron chi connectivity index (χ2n) is 7.10.